The Morgan fingerprint density at radius 2 is 1.73 bits per heavy atom. The number of aromatic hydroxyl groups is 2. The lowest BCUT2D eigenvalue weighted by Gasteiger charge is -2.24. The topological polar surface area (TPSA) is 96.2 Å². The second kappa shape index (κ2) is 7.94. The molecule has 8 heteroatoms. The fraction of sp³-hybridized carbons (Fsp3) is 0.571. The third-order valence-electron chi connectivity index (χ3n) is 2.92. The second-order valence-corrected chi connectivity index (χ2v) is 7.53. The van der Waals surface area contributed by atoms with Crippen LogP contribution in [-0.4, -0.2) is 60.5 Å². The number of hydrogen-bond acceptors (Lipinski definition) is 5. The molecule has 0 spiro atoms. The van der Waals surface area contributed by atoms with E-state index in [0.717, 1.165) is 5.56 Å². The summed E-state index contributed by atoms with van der Waals surface area (Å²) in [5.41, 5.74) is 0.803. The smallest absolute Gasteiger partial charge is 0.472 e. The fourth-order valence-corrected chi connectivity index (χ4v) is 2.39. The van der Waals surface area contributed by atoms with Crippen molar-refractivity contribution in [1.82, 2.24) is 0 Å². The average Bonchev–Trinajstić information content (AvgIpc) is 2.37. The molecule has 1 rings (SSSR count). The Labute approximate surface area is 130 Å². The van der Waals surface area contributed by atoms with Gasteiger partial charge in [-0.15, -0.1) is 0 Å². The molecule has 0 bridgehead atoms. The van der Waals surface area contributed by atoms with Gasteiger partial charge in [-0.2, -0.15) is 0 Å². The fourth-order valence-electron chi connectivity index (χ4n) is 1.65. The maximum Gasteiger partial charge on any atom is 0.472 e. The third-order valence-corrected chi connectivity index (χ3v) is 3.94. The summed E-state index contributed by atoms with van der Waals surface area (Å²) < 4.78 is 22.1. The van der Waals surface area contributed by atoms with Crippen LogP contribution in [-0.2, 0) is 20.0 Å². The molecule has 0 aliphatic rings. The van der Waals surface area contributed by atoms with Crippen molar-refractivity contribution in [3.63, 3.8) is 0 Å². The number of nitrogens with zero attached hydrogens (tertiary/aromatic N) is 1. The van der Waals surface area contributed by atoms with Crippen molar-refractivity contribution in [2.75, 3.05) is 40.9 Å². The largest absolute Gasteiger partial charge is 0.504 e. The van der Waals surface area contributed by atoms with Gasteiger partial charge in [-0.1, -0.05) is 6.07 Å². The molecule has 0 fully saturated rings. The van der Waals surface area contributed by atoms with Gasteiger partial charge in [-0.05, 0) is 30.5 Å². The van der Waals surface area contributed by atoms with Gasteiger partial charge < -0.3 is 19.6 Å². The number of phenolic OH excluding ortho intramolecular Hbond substituents is 2. The van der Waals surface area contributed by atoms with Gasteiger partial charge in [-0.25, -0.2) is 4.57 Å². The third kappa shape index (κ3) is 7.77. The summed E-state index contributed by atoms with van der Waals surface area (Å²) in [6.45, 7) is 0.809. The van der Waals surface area contributed by atoms with Crippen molar-refractivity contribution in [3.8, 4) is 11.5 Å². The number of likely N-dealkylation sites (N-methyl/N-ethyl adjacent to an activating group) is 1. The van der Waals surface area contributed by atoms with Gasteiger partial charge in [0.2, 0.25) is 0 Å². The number of quaternary nitrogens is 1. The highest BCUT2D eigenvalue weighted by Crippen LogP contribution is 2.43. The molecular weight excluding hydrogens is 309 g/mol. The minimum atomic E-state index is -4.02. The first-order valence-electron chi connectivity index (χ1n) is 7.02. The molecule has 1 atom stereocenters. The quantitative estimate of drug-likeness (QED) is 0.276. The Morgan fingerprint density at radius 3 is 2.32 bits per heavy atom. The van der Waals surface area contributed by atoms with Crippen LogP contribution in [0.4, 0.5) is 0 Å². The van der Waals surface area contributed by atoms with Crippen molar-refractivity contribution >= 4 is 7.82 Å². The normalized spacial score (nSPS) is 14.7. The summed E-state index contributed by atoms with van der Waals surface area (Å²) in [6.07, 6.45) is 1.04. The molecule has 1 aromatic rings. The van der Waals surface area contributed by atoms with E-state index in [-0.39, 0.29) is 24.7 Å². The van der Waals surface area contributed by atoms with Gasteiger partial charge in [0.25, 0.3) is 0 Å². The van der Waals surface area contributed by atoms with Crippen molar-refractivity contribution in [3.05, 3.63) is 23.8 Å². The number of hydrogen-bond donors (Lipinski definition) is 3. The molecule has 0 aromatic heterocycles. The summed E-state index contributed by atoms with van der Waals surface area (Å²) in [4.78, 5) is 9.52. The van der Waals surface area contributed by atoms with Crippen LogP contribution in [0, 0.1) is 0 Å². The average molecular weight is 334 g/mol. The lowest BCUT2D eigenvalue weighted by Crippen LogP contribution is -2.37. The van der Waals surface area contributed by atoms with E-state index in [1.165, 1.54) is 12.1 Å². The van der Waals surface area contributed by atoms with Crippen LogP contribution in [0.2, 0.25) is 0 Å². The number of phosphoric acid groups is 1. The molecule has 0 saturated carbocycles. The Bertz CT molecular complexity index is 529. The maximum absolute atomic E-state index is 11.6. The van der Waals surface area contributed by atoms with E-state index in [1.54, 1.807) is 6.07 Å². The van der Waals surface area contributed by atoms with Crippen LogP contribution in [0.3, 0.4) is 0 Å². The summed E-state index contributed by atoms with van der Waals surface area (Å²) in [6, 6.07) is 4.52. The molecule has 1 aromatic carbocycles. The van der Waals surface area contributed by atoms with Gasteiger partial charge in [-0.3, -0.25) is 9.05 Å². The number of phosphoric ester groups is 1. The lowest BCUT2D eigenvalue weighted by molar-refractivity contribution is -0.870. The highest BCUT2D eigenvalue weighted by atomic mass is 31.2. The molecule has 126 valence electrons. The molecular formula is C14H25NO6P+. The molecule has 0 amide bonds. The predicted octanol–water partition coefficient (Wildman–Crippen LogP) is 1.87. The van der Waals surface area contributed by atoms with Crippen molar-refractivity contribution in [2.45, 2.75) is 12.8 Å². The van der Waals surface area contributed by atoms with Crippen molar-refractivity contribution < 1.29 is 33.2 Å². The summed E-state index contributed by atoms with van der Waals surface area (Å²) >= 11 is 0. The van der Waals surface area contributed by atoms with Crippen LogP contribution in [0.1, 0.15) is 12.0 Å². The van der Waals surface area contributed by atoms with E-state index in [2.05, 4.69) is 0 Å². The van der Waals surface area contributed by atoms with Crippen LogP contribution >= 0.6 is 7.82 Å². The Morgan fingerprint density at radius 1 is 1.09 bits per heavy atom. The van der Waals surface area contributed by atoms with Crippen LogP contribution in [0.5, 0.6) is 11.5 Å². The molecule has 3 N–H and O–H groups in total. The zero-order chi connectivity index (χ0) is 16.8. The van der Waals surface area contributed by atoms with Crippen molar-refractivity contribution in [2.24, 2.45) is 0 Å². The molecule has 0 radical (unpaired) electrons. The summed E-state index contributed by atoms with van der Waals surface area (Å²) in [5.74, 6) is -0.361. The van der Waals surface area contributed by atoms with Gasteiger partial charge in [0.05, 0.1) is 27.7 Å². The van der Waals surface area contributed by atoms with Gasteiger partial charge >= 0.3 is 7.82 Å². The molecule has 7 nitrogen and oxygen atoms in total. The minimum Gasteiger partial charge on any atom is -0.504 e. The zero-order valence-electron chi connectivity index (χ0n) is 13.2. The Kier molecular flexibility index (Phi) is 6.84. The van der Waals surface area contributed by atoms with E-state index in [9.17, 15) is 19.7 Å². The number of benzene rings is 1. The van der Waals surface area contributed by atoms with E-state index >= 15 is 0 Å². The highest BCUT2D eigenvalue weighted by molar-refractivity contribution is 7.47. The minimum absolute atomic E-state index is 0.0692. The number of aryl methyl sites for hydroxylation is 1. The van der Waals surface area contributed by atoms with Gasteiger partial charge in [0.1, 0.15) is 13.2 Å². The SMILES string of the molecule is C[N+](C)(C)CCOP(=O)(O)OCCCc1ccc(O)c(O)c1. The van der Waals surface area contributed by atoms with E-state index in [4.69, 9.17) is 9.05 Å². The van der Waals surface area contributed by atoms with Crippen LogP contribution < -0.4 is 0 Å². The molecule has 22 heavy (non-hydrogen) atoms. The maximum atomic E-state index is 11.6. The number of phenols is 2. The molecule has 0 aliphatic heterocycles. The summed E-state index contributed by atoms with van der Waals surface area (Å²) in [5, 5.41) is 18.6. The molecule has 0 saturated heterocycles. The molecule has 1 unspecified atom stereocenters. The predicted molar refractivity (Wildman–Crippen MR) is 82.7 cm³/mol. The molecule has 0 heterocycles. The van der Waals surface area contributed by atoms with E-state index < -0.39 is 7.82 Å². The van der Waals surface area contributed by atoms with E-state index in [1.807, 2.05) is 21.1 Å². The highest BCUT2D eigenvalue weighted by Gasteiger charge is 2.22. The molecule has 0 aliphatic carbocycles. The zero-order valence-corrected chi connectivity index (χ0v) is 14.1. The van der Waals surface area contributed by atoms with Crippen LogP contribution in [0.15, 0.2) is 18.2 Å². The standard InChI is InChI=1S/C14H24NO6P/c1-15(2,3)8-10-21-22(18,19)20-9-4-5-12-6-7-13(16)14(17)11-12/h6-7,11H,4-5,8-10H2,1-3H3,(H2-,16,17,18,19)/p+1. The second-order valence-electron chi connectivity index (χ2n) is 6.08. The van der Waals surface area contributed by atoms with Gasteiger partial charge in [0, 0.05) is 0 Å². The first kappa shape index (κ1) is 18.9. The lowest BCUT2D eigenvalue weighted by atomic mass is 10.1. The van der Waals surface area contributed by atoms with Crippen LogP contribution in [0.25, 0.3) is 0 Å². The summed E-state index contributed by atoms with van der Waals surface area (Å²) in [7, 11) is 1.86. The van der Waals surface area contributed by atoms with E-state index in [0.29, 0.717) is 23.9 Å². The van der Waals surface area contributed by atoms with Gasteiger partial charge in [0.15, 0.2) is 11.5 Å². The Hall–Kier alpha value is -1.11. The van der Waals surface area contributed by atoms with Crippen molar-refractivity contribution in [1.29, 1.82) is 0 Å². The Balaban J connectivity index is 2.27. The first-order valence-corrected chi connectivity index (χ1v) is 8.52. The number of rotatable bonds is 9. The first-order chi connectivity index (χ1) is 10.1. The monoisotopic (exact) mass is 334 g/mol.